The molecule has 3 aliphatic rings. The van der Waals surface area contributed by atoms with Crippen LogP contribution in [-0.2, 0) is 25.9 Å². The second kappa shape index (κ2) is 8.76. The molecule has 1 spiro atoms. The van der Waals surface area contributed by atoms with Crippen molar-refractivity contribution < 1.29 is 26.8 Å². The summed E-state index contributed by atoms with van der Waals surface area (Å²) in [5, 5.41) is 8.62. The predicted molar refractivity (Wildman–Crippen MR) is 132 cm³/mol. The molecular weight excluding hydrogens is 525 g/mol. The summed E-state index contributed by atoms with van der Waals surface area (Å²) in [5.74, 6) is -2.24. The Morgan fingerprint density at radius 1 is 1.19 bits per heavy atom. The van der Waals surface area contributed by atoms with Gasteiger partial charge in [-0.15, -0.1) is 5.10 Å². The van der Waals surface area contributed by atoms with E-state index in [1.165, 1.54) is 11.0 Å². The number of ether oxygens (including phenoxy) is 1. The molecule has 2 N–H and O–H groups in total. The van der Waals surface area contributed by atoms with Gasteiger partial charge in [-0.3, -0.25) is 4.79 Å². The minimum Gasteiger partial charge on any atom is -0.403 e. The molecule has 3 heterocycles. The first kappa shape index (κ1) is 24.3. The van der Waals surface area contributed by atoms with E-state index in [1.54, 1.807) is 24.3 Å². The minimum atomic E-state index is -4.07. The Morgan fingerprint density at radius 2 is 1.95 bits per heavy atom. The molecule has 1 aromatic heterocycles. The Labute approximate surface area is 217 Å². The van der Waals surface area contributed by atoms with E-state index in [4.69, 9.17) is 26.5 Å². The van der Waals surface area contributed by atoms with Crippen LogP contribution in [0, 0.1) is 5.82 Å². The predicted octanol–water partition coefficient (Wildman–Crippen LogP) is 2.55. The van der Waals surface area contributed by atoms with Crippen LogP contribution in [-0.4, -0.2) is 61.6 Å². The van der Waals surface area contributed by atoms with E-state index >= 15 is 4.39 Å². The van der Waals surface area contributed by atoms with Crippen molar-refractivity contribution >= 4 is 39.0 Å². The number of fused-ring (bicyclic) bond motifs is 1. The molecular formula is C24H23ClFN5O5S. The highest BCUT2D eigenvalue weighted by atomic mass is 35.5. The van der Waals surface area contributed by atoms with Gasteiger partial charge in [0.2, 0.25) is 5.91 Å². The maximum absolute atomic E-state index is 15.3. The van der Waals surface area contributed by atoms with E-state index in [2.05, 4.69) is 10.2 Å². The summed E-state index contributed by atoms with van der Waals surface area (Å²) < 4.78 is 53.1. The number of morpholine rings is 1. The summed E-state index contributed by atoms with van der Waals surface area (Å²) in [4.78, 5) is 16.0. The number of amides is 1. The molecule has 6 rings (SSSR count). The molecule has 1 saturated carbocycles. The molecule has 194 valence electrons. The van der Waals surface area contributed by atoms with E-state index in [-0.39, 0.29) is 40.2 Å². The highest BCUT2D eigenvalue weighted by Gasteiger charge is 2.48. The minimum absolute atomic E-state index is 0.00222. The molecule has 2 aromatic carbocycles. The lowest BCUT2D eigenvalue weighted by atomic mass is 10.1. The molecule has 37 heavy (non-hydrogen) atoms. The third-order valence-electron chi connectivity index (χ3n) is 6.88. The lowest BCUT2D eigenvalue weighted by Gasteiger charge is -2.31. The third kappa shape index (κ3) is 4.48. The van der Waals surface area contributed by atoms with Gasteiger partial charge in [-0.1, -0.05) is 28.8 Å². The van der Waals surface area contributed by atoms with Crippen molar-refractivity contribution in [3.8, 4) is 11.5 Å². The lowest BCUT2D eigenvalue weighted by Crippen LogP contribution is -2.45. The first-order valence-electron chi connectivity index (χ1n) is 11.7. The summed E-state index contributed by atoms with van der Waals surface area (Å²) in [5.41, 5.74) is 6.33. The number of nitrogens with two attached hydrogens (primary N) is 1. The number of halogens is 2. The molecule has 0 bridgehead atoms. The molecule has 1 atom stereocenters. The van der Waals surface area contributed by atoms with Crippen LogP contribution in [0.15, 0.2) is 45.7 Å². The number of nitrogens with zero attached hydrogens (tertiary/aromatic N) is 4. The van der Waals surface area contributed by atoms with Crippen molar-refractivity contribution in [1.29, 1.82) is 0 Å². The number of benzene rings is 2. The van der Waals surface area contributed by atoms with Gasteiger partial charge in [-0.05, 0) is 42.7 Å². The summed E-state index contributed by atoms with van der Waals surface area (Å²) >= 11 is 5.98. The Kier molecular flexibility index (Phi) is 5.75. The van der Waals surface area contributed by atoms with Gasteiger partial charge in [0.1, 0.15) is 5.82 Å². The van der Waals surface area contributed by atoms with Crippen LogP contribution in [0.1, 0.15) is 18.4 Å². The smallest absolute Gasteiger partial charge is 0.318 e. The van der Waals surface area contributed by atoms with Crippen molar-refractivity contribution in [1.82, 2.24) is 10.2 Å². The van der Waals surface area contributed by atoms with Gasteiger partial charge < -0.3 is 24.7 Å². The van der Waals surface area contributed by atoms with Crippen LogP contribution in [0.5, 0.6) is 0 Å². The zero-order valence-electron chi connectivity index (χ0n) is 19.6. The molecule has 0 unspecified atom stereocenters. The van der Waals surface area contributed by atoms with Crippen molar-refractivity contribution in [3.63, 3.8) is 0 Å². The Hall–Kier alpha value is -3.06. The van der Waals surface area contributed by atoms with Gasteiger partial charge >= 0.3 is 6.01 Å². The number of anilines is 2. The highest BCUT2D eigenvalue weighted by molar-refractivity contribution is 7.91. The third-order valence-corrected chi connectivity index (χ3v) is 8.93. The summed E-state index contributed by atoms with van der Waals surface area (Å²) in [7, 11) is -4.07. The number of sulfone groups is 1. The lowest BCUT2D eigenvalue weighted by molar-refractivity contribution is -0.119. The number of rotatable bonds is 4. The number of hydrogen-bond acceptors (Lipinski definition) is 9. The zero-order valence-corrected chi connectivity index (χ0v) is 21.1. The van der Waals surface area contributed by atoms with Gasteiger partial charge in [0.05, 0.1) is 53.2 Å². The Balaban J connectivity index is 1.41. The fourth-order valence-corrected chi connectivity index (χ4v) is 6.41. The number of carbonyl (C=O) groups is 1. The molecule has 3 aromatic rings. The first-order valence-corrected chi connectivity index (χ1v) is 13.8. The maximum Gasteiger partial charge on any atom is 0.318 e. The zero-order chi connectivity index (χ0) is 25.9. The van der Waals surface area contributed by atoms with E-state index in [0.717, 1.165) is 18.9 Å². The maximum atomic E-state index is 15.3. The van der Waals surface area contributed by atoms with E-state index in [1.807, 2.05) is 4.90 Å². The molecule has 1 aliphatic carbocycles. The Morgan fingerprint density at radius 3 is 2.68 bits per heavy atom. The normalized spacial score (nSPS) is 22.1. The second-order valence-electron chi connectivity index (χ2n) is 9.58. The van der Waals surface area contributed by atoms with Gasteiger partial charge in [-0.2, -0.15) is 0 Å². The Bertz CT molecular complexity index is 1490. The summed E-state index contributed by atoms with van der Waals surface area (Å²) in [6.07, 6.45) is 1.91. The fraction of sp³-hybridized carbons (Fsp3) is 0.375. The molecule has 13 heteroatoms. The van der Waals surface area contributed by atoms with Crippen LogP contribution >= 0.6 is 11.6 Å². The summed E-state index contributed by atoms with van der Waals surface area (Å²) in [6, 6.07) is 7.79. The van der Waals surface area contributed by atoms with E-state index < -0.39 is 33.4 Å². The largest absolute Gasteiger partial charge is 0.403 e. The van der Waals surface area contributed by atoms with E-state index in [0.29, 0.717) is 30.3 Å². The number of aromatic nitrogens is 2. The summed E-state index contributed by atoms with van der Waals surface area (Å²) in [6.45, 7) is 1.67. The standard InChI is InChI=1S/C24H23ClFN5O5S/c25-15-3-1-14(2-4-15)11-31-19-9-16(17(26)10-20(19)37(33,34)12-18(27)22(31)32)21-28-29-23(36-21)30-7-8-35-24(13-30)5-6-24/h1-4,9-10,18H,5-8,11-13,27H2/t18-/m0/s1. The van der Waals surface area contributed by atoms with Crippen molar-refractivity contribution in [2.75, 3.05) is 35.2 Å². The average Bonchev–Trinajstić information content (AvgIpc) is 3.43. The molecule has 1 saturated heterocycles. The van der Waals surface area contributed by atoms with Crippen molar-refractivity contribution in [2.24, 2.45) is 5.73 Å². The number of hydrogen-bond donors (Lipinski definition) is 1. The highest BCUT2D eigenvalue weighted by Crippen LogP contribution is 2.43. The molecule has 10 nitrogen and oxygen atoms in total. The molecule has 2 fully saturated rings. The van der Waals surface area contributed by atoms with Crippen LogP contribution < -0.4 is 15.5 Å². The van der Waals surface area contributed by atoms with Gasteiger partial charge in [-0.25, -0.2) is 12.8 Å². The molecule has 0 radical (unpaired) electrons. The molecule has 2 aliphatic heterocycles. The van der Waals surface area contributed by atoms with Crippen LogP contribution in [0.2, 0.25) is 5.02 Å². The average molecular weight is 548 g/mol. The monoisotopic (exact) mass is 547 g/mol. The van der Waals surface area contributed by atoms with Crippen molar-refractivity contribution in [2.45, 2.75) is 35.9 Å². The fourth-order valence-electron chi connectivity index (χ4n) is 4.72. The van der Waals surface area contributed by atoms with Gasteiger partial charge in [0, 0.05) is 11.6 Å². The van der Waals surface area contributed by atoms with Gasteiger partial charge in [0.25, 0.3) is 5.89 Å². The molecule has 1 amide bonds. The van der Waals surface area contributed by atoms with E-state index in [9.17, 15) is 13.2 Å². The van der Waals surface area contributed by atoms with Crippen LogP contribution in [0.25, 0.3) is 11.5 Å². The SMILES string of the molecule is N[C@H]1CS(=O)(=O)c2cc(F)c(-c3nnc(N4CCOC5(CC5)C4)o3)cc2N(Cc2ccc(Cl)cc2)C1=O. The topological polar surface area (TPSA) is 132 Å². The van der Waals surface area contributed by atoms with Crippen LogP contribution in [0.3, 0.4) is 0 Å². The van der Waals surface area contributed by atoms with Crippen molar-refractivity contribution in [3.05, 3.63) is 52.8 Å². The van der Waals surface area contributed by atoms with Gasteiger partial charge in [0.15, 0.2) is 9.84 Å². The van der Waals surface area contributed by atoms with Crippen LogP contribution in [0.4, 0.5) is 16.1 Å². The number of carbonyl (C=O) groups excluding carboxylic acids is 1. The first-order chi connectivity index (χ1) is 17.6. The second-order valence-corrected chi connectivity index (χ2v) is 12.0. The quantitative estimate of drug-likeness (QED) is 0.523.